The van der Waals surface area contributed by atoms with Gasteiger partial charge < -0.3 is 18.8 Å². The van der Waals surface area contributed by atoms with E-state index in [2.05, 4.69) is 17.2 Å². The predicted molar refractivity (Wildman–Crippen MR) is 123 cm³/mol. The summed E-state index contributed by atoms with van der Waals surface area (Å²) in [6, 6.07) is 4.23. The molecule has 2 heterocycles. The van der Waals surface area contributed by atoms with Crippen LogP contribution in [0.25, 0.3) is 11.1 Å². The van der Waals surface area contributed by atoms with Crippen LogP contribution in [0.15, 0.2) is 27.4 Å². The molecule has 34 heavy (non-hydrogen) atoms. The molecule has 1 fully saturated rings. The molecule has 0 aliphatic carbocycles. The van der Waals surface area contributed by atoms with Gasteiger partial charge in [0.05, 0.1) is 5.52 Å². The summed E-state index contributed by atoms with van der Waals surface area (Å²) in [4.78, 5) is 49.3. The lowest BCUT2D eigenvalue weighted by Crippen LogP contribution is -2.43. The zero-order chi connectivity index (χ0) is 24.9. The van der Waals surface area contributed by atoms with Crippen LogP contribution >= 0.6 is 0 Å². The Balaban J connectivity index is 1.51. The molecule has 1 aliphatic rings. The first-order valence-corrected chi connectivity index (χ1v) is 11.0. The highest BCUT2D eigenvalue weighted by Crippen LogP contribution is 2.23. The van der Waals surface area contributed by atoms with Crippen molar-refractivity contribution in [2.45, 2.75) is 51.7 Å². The Kier molecular flexibility index (Phi) is 7.79. The second-order valence-corrected chi connectivity index (χ2v) is 9.00. The molecule has 1 atom stereocenters. The molecule has 1 aliphatic heterocycles. The van der Waals surface area contributed by atoms with Crippen molar-refractivity contribution < 1.29 is 28.3 Å². The highest BCUT2D eigenvalue weighted by molar-refractivity contribution is 6.00. The number of oxazole rings is 1. The second-order valence-electron chi connectivity index (χ2n) is 9.00. The van der Waals surface area contributed by atoms with Gasteiger partial charge in [-0.05, 0) is 51.8 Å². The smallest absolute Gasteiger partial charge is 0.420 e. The second kappa shape index (κ2) is 10.6. The van der Waals surface area contributed by atoms with Crippen LogP contribution in [0.1, 0.15) is 51.6 Å². The van der Waals surface area contributed by atoms with Gasteiger partial charge >= 0.3 is 11.8 Å². The summed E-state index contributed by atoms with van der Waals surface area (Å²) >= 11 is 0. The molecular weight excluding hydrogens is 442 g/mol. The number of aromatic nitrogens is 1. The molecule has 182 valence electrons. The van der Waals surface area contributed by atoms with Crippen LogP contribution in [0.3, 0.4) is 0 Å². The van der Waals surface area contributed by atoms with Crippen LogP contribution in [-0.2, 0) is 19.1 Å². The molecule has 3 rings (SSSR count). The summed E-state index contributed by atoms with van der Waals surface area (Å²) in [6.45, 7) is 6.60. The summed E-state index contributed by atoms with van der Waals surface area (Å²) in [6.07, 6.45) is 0.672. The van der Waals surface area contributed by atoms with Gasteiger partial charge in [-0.2, -0.15) is 0 Å². The van der Waals surface area contributed by atoms with Crippen LogP contribution in [0.4, 0.5) is 4.79 Å². The number of fused-ring (bicyclic) bond motifs is 1. The van der Waals surface area contributed by atoms with Crippen molar-refractivity contribution in [1.82, 2.24) is 14.8 Å². The van der Waals surface area contributed by atoms with Crippen molar-refractivity contribution in [3.8, 4) is 11.8 Å². The van der Waals surface area contributed by atoms with Gasteiger partial charge in [0.15, 0.2) is 5.58 Å². The van der Waals surface area contributed by atoms with Crippen molar-refractivity contribution in [3.05, 3.63) is 34.3 Å². The van der Waals surface area contributed by atoms with Crippen molar-refractivity contribution in [2.24, 2.45) is 0 Å². The van der Waals surface area contributed by atoms with Gasteiger partial charge in [0.1, 0.15) is 18.2 Å². The predicted octanol–water partition coefficient (Wildman–Crippen LogP) is 2.20. The third-order valence-corrected chi connectivity index (χ3v) is 5.03. The van der Waals surface area contributed by atoms with Gasteiger partial charge in [-0.25, -0.2) is 9.59 Å². The number of nitrogens with zero attached hydrogens (tertiary/aromatic N) is 2. The molecule has 0 bridgehead atoms. The van der Waals surface area contributed by atoms with Crippen LogP contribution in [-0.4, -0.2) is 59.8 Å². The van der Waals surface area contributed by atoms with Gasteiger partial charge in [-0.15, -0.1) is 0 Å². The minimum Gasteiger partial charge on any atom is -0.444 e. The Bertz CT molecular complexity index is 1190. The fourth-order valence-corrected chi connectivity index (χ4v) is 3.43. The lowest BCUT2D eigenvalue weighted by atomic mass is 10.1. The van der Waals surface area contributed by atoms with Crippen molar-refractivity contribution in [3.63, 3.8) is 0 Å². The number of carbonyl (C=O) groups excluding carboxylic acids is 3. The summed E-state index contributed by atoms with van der Waals surface area (Å²) < 4.78 is 17.4. The van der Waals surface area contributed by atoms with E-state index < -0.39 is 23.3 Å². The number of piperidine rings is 1. The minimum atomic E-state index is -0.786. The number of amides is 3. The zero-order valence-electron chi connectivity index (χ0n) is 19.8. The van der Waals surface area contributed by atoms with Crippen LogP contribution < -0.4 is 11.1 Å². The molecule has 0 radical (unpaired) electrons. The Hall–Kier alpha value is -3.58. The van der Waals surface area contributed by atoms with Crippen LogP contribution in [0.5, 0.6) is 0 Å². The SMILES string of the molecule is CN(CCCOCC#Cc1ccc2c(c1)oc(=O)n2C1CCC(=O)NC1=O)C(=O)OC(C)(C)C. The molecule has 10 heteroatoms. The average Bonchev–Trinajstić information content (AvgIpc) is 3.06. The highest BCUT2D eigenvalue weighted by Gasteiger charge is 2.31. The summed E-state index contributed by atoms with van der Waals surface area (Å²) in [5, 5.41) is 2.25. The number of hydrogen-bond acceptors (Lipinski definition) is 7. The van der Waals surface area contributed by atoms with E-state index in [0.717, 1.165) is 0 Å². The molecule has 1 N–H and O–H groups in total. The Morgan fingerprint density at radius 3 is 2.76 bits per heavy atom. The van der Waals surface area contributed by atoms with E-state index in [9.17, 15) is 19.2 Å². The minimum absolute atomic E-state index is 0.163. The highest BCUT2D eigenvalue weighted by atomic mass is 16.6. The summed E-state index contributed by atoms with van der Waals surface area (Å²) in [5.41, 5.74) is 0.879. The maximum absolute atomic E-state index is 12.3. The first-order valence-electron chi connectivity index (χ1n) is 11.0. The Morgan fingerprint density at radius 2 is 2.06 bits per heavy atom. The number of carbonyl (C=O) groups is 3. The monoisotopic (exact) mass is 471 g/mol. The molecule has 3 amide bonds. The van der Waals surface area contributed by atoms with Crippen molar-refractivity contribution >= 4 is 29.0 Å². The molecule has 0 saturated carbocycles. The number of ether oxygens (including phenoxy) is 2. The number of imide groups is 1. The van der Waals surface area contributed by atoms with E-state index in [-0.39, 0.29) is 31.4 Å². The van der Waals surface area contributed by atoms with E-state index in [4.69, 9.17) is 13.9 Å². The fourth-order valence-electron chi connectivity index (χ4n) is 3.43. The maximum atomic E-state index is 12.3. The van der Waals surface area contributed by atoms with E-state index in [1.54, 1.807) is 25.2 Å². The fraction of sp³-hybridized carbons (Fsp3) is 0.500. The van der Waals surface area contributed by atoms with E-state index in [0.29, 0.717) is 36.2 Å². The Labute approximate surface area is 197 Å². The van der Waals surface area contributed by atoms with E-state index in [1.165, 1.54) is 9.47 Å². The zero-order valence-corrected chi connectivity index (χ0v) is 19.8. The number of nitrogens with one attached hydrogen (secondary N) is 1. The molecule has 1 unspecified atom stereocenters. The number of rotatable bonds is 6. The molecule has 10 nitrogen and oxygen atoms in total. The van der Waals surface area contributed by atoms with Gasteiger partial charge in [-0.3, -0.25) is 19.5 Å². The molecule has 1 aromatic heterocycles. The summed E-state index contributed by atoms with van der Waals surface area (Å²) in [5.74, 6) is 4.33. The van der Waals surface area contributed by atoms with Crippen LogP contribution in [0, 0.1) is 11.8 Å². The molecule has 1 saturated heterocycles. The molecular formula is C24H29N3O7. The van der Waals surface area contributed by atoms with Crippen molar-refractivity contribution in [2.75, 3.05) is 26.8 Å². The lowest BCUT2D eigenvalue weighted by molar-refractivity contribution is -0.135. The first-order chi connectivity index (χ1) is 16.0. The van der Waals surface area contributed by atoms with Gasteiger partial charge in [-0.1, -0.05) is 11.8 Å². The quantitative estimate of drug-likeness (QED) is 0.390. The maximum Gasteiger partial charge on any atom is 0.420 e. The van der Waals surface area contributed by atoms with E-state index in [1.807, 2.05) is 20.8 Å². The largest absolute Gasteiger partial charge is 0.444 e. The normalized spacial score (nSPS) is 16.1. The standard InChI is InChI=1S/C24H29N3O7/c1-24(2,3)34-22(30)26(4)12-6-14-32-13-5-7-16-8-9-17-19(15-16)33-23(31)27(17)18-10-11-20(28)25-21(18)29/h8-9,15,18H,6,10-14H2,1-4H3,(H,25,28,29). The Morgan fingerprint density at radius 1 is 1.29 bits per heavy atom. The third-order valence-electron chi connectivity index (χ3n) is 5.03. The third kappa shape index (κ3) is 6.48. The topological polar surface area (TPSA) is 120 Å². The number of benzene rings is 1. The molecule has 0 spiro atoms. The van der Waals surface area contributed by atoms with Crippen LogP contribution in [0.2, 0.25) is 0 Å². The molecule has 2 aromatic rings. The average molecular weight is 472 g/mol. The lowest BCUT2D eigenvalue weighted by Gasteiger charge is -2.24. The molecule has 1 aromatic carbocycles. The van der Waals surface area contributed by atoms with E-state index >= 15 is 0 Å². The van der Waals surface area contributed by atoms with Gasteiger partial charge in [0.25, 0.3) is 0 Å². The van der Waals surface area contributed by atoms with Crippen molar-refractivity contribution in [1.29, 1.82) is 0 Å². The van der Waals surface area contributed by atoms with Gasteiger partial charge in [0.2, 0.25) is 11.8 Å². The van der Waals surface area contributed by atoms with Gasteiger partial charge in [0, 0.05) is 32.2 Å². The number of hydrogen-bond donors (Lipinski definition) is 1. The first kappa shape index (κ1) is 25.1. The summed E-state index contributed by atoms with van der Waals surface area (Å²) in [7, 11) is 1.68.